The van der Waals surface area contributed by atoms with Crippen LogP contribution in [0.3, 0.4) is 0 Å². The lowest BCUT2D eigenvalue weighted by Gasteiger charge is -2.20. The zero-order valence-corrected chi connectivity index (χ0v) is 20.9. The summed E-state index contributed by atoms with van der Waals surface area (Å²) in [5.41, 5.74) is 1.97. The van der Waals surface area contributed by atoms with Crippen LogP contribution in [0.25, 0.3) is 11.3 Å². The van der Waals surface area contributed by atoms with Crippen molar-refractivity contribution in [2.24, 2.45) is 0 Å². The minimum Gasteiger partial charge on any atom is -0.456 e. The van der Waals surface area contributed by atoms with Gasteiger partial charge in [-0.1, -0.05) is 24.3 Å². The minimum absolute atomic E-state index is 0.0469. The number of carbonyl (C=O) groups excluding carboxylic acids is 2. The van der Waals surface area contributed by atoms with E-state index in [1.165, 1.54) is 12.1 Å². The second-order valence-electron chi connectivity index (χ2n) is 10.3. The predicted octanol–water partition coefficient (Wildman–Crippen LogP) is 5.75. The highest BCUT2D eigenvalue weighted by Crippen LogP contribution is 2.50. The molecule has 0 saturated heterocycles. The molecule has 9 heteroatoms. The summed E-state index contributed by atoms with van der Waals surface area (Å²) in [6.45, 7) is 7.27. The van der Waals surface area contributed by atoms with Crippen LogP contribution in [0.4, 0.5) is 8.78 Å². The van der Waals surface area contributed by atoms with Crippen molar-refractivity contribution in [1.29, 1.82) is 0 Å². The van der Waals surface area contributed by atoms with Crippen molar-refractivity contribution in [1.82, 2.24) is 10.3 Å². The molecule has 1 fully saturated rings. The van der Waals surface area contributed by atoms with Crippen LogP contribution in [-0.2, 0) is 10.3 Å². The highest BCUT2D eigenvalue weighted by Gasteiger charge is 2.49. The van der Waals surface area contributed by atoms with Gasteiger partial charge in [-0.25, -0.2) is 9.78 Å². The van der Waals surface area contributed by atoms with Gasteiger partial charge in [0.25, 0.3) is 5.91 Å². The molecule has 2 heterocycles. The van der Waals surface area contributed by atoms with Crippen LogP contribution in [0.1, 0.15) is 65.6 Å². The second kappa shape index (κ2) is 8.54. The van der Waals surface area contributed by atoms with E-state index in [1.54, 1.807) is 57.2 Å². The van der Waals surface area contributed by atoms with Gasteiger partial charge < -0.3 is 19.5 Å². The largest absolute Gasteiger partial charge is 0.586 e. The van der Waals surface area contributed by atoms with Gasteiger partial charge in [-0.05, 0) is 82.0 Å². The lowest BCUT2D eigenvalue weighted by atomic mass is 10.0. The van der Waals surface area contributed by atoms with Gasteiger partial charge in [0, 0.05) is 5.56 Å². The van der Waals surface area contributed by atoms with Crippen LogP contribution in [-0.4, -0.2) is 28.8 Å². The van der Waals surface area contributed by atoms with Crippen LogP contribution in [0.2, 0.25) is 0 Å². The minimum atomic E-state index is -3.70. The SMILES string of the molecule is Cc1ccc(C(=O)NC2(c3ccc4c(c3)OC(F)(F)O4)CC2)nc1-c1cccc(C(=O)OC(C)(C)C)c1. The number of rotatable bonds is 5. The maximum Gasteiger partial charge on any atom is 0.586 e. The number of amides is 1. The summed E-state index contributed by atoms with van der Waals surface area (Å²) in [5, 5.41) is 3.01. The third-order valence-electron chi connectivity index (χ3n) is 6.16. The van der Waals surface area contributed by atoms with E-state index in [4.69, 9.17) is 4.74 Å². The van der Waals surface area contributed by atoms with Crippen LogP contribution in [0.5, 0.6) is 11.5 Å². The summed E-state index contributed by atoms with van der Waals surface area (Å²) in [5.74, 6) is -0.957. The lowest BCUT2D eigenvalue weighted by Crippen LogP contribution is -2.35. The summed E-state index contributed by atoms with van der Waals surface area (Å²) in [7, 11) is 0. The molecule has 2 aliphatic rings. The van der Waals surface area contributed by atoms with E-state index in [1.807, 2.05) is 13.0 Å². The summed E-state index contributed by atoms with van der Waals surface area (Å²) in [6, 6.07) is 14.9. The predicted molar refractivity (Wildman–Crippen MR) is 131 cm³/mol. The topological polar surface area (TPSA) is 86.8 Å². The Labute approximate surface area is 212 Å². The molecule has 37 heavy (non-hydrogen) atoms. The summed E-state index contributed by atoms with van der Waals surface area (Å²) >= 11 is 0. The number of esters is 1. The quantitative estimate of drug-likeness (QED) is 0.442. The van der Waals surface area contributed by atoms with E-state index in [2.05, 4.69) is 19.8 Å². The van der Waals surface area contributed by atoms with Gasteiger partial charge in [0.2, 0.25) is 0 Å². The molecule has 7 nitrogen and oxygen atoms in total. The third-order valence-corrected chi connectivity index (χ3v) is 6.16. The van der Waals surface area contributed by atoms with Crippen LogP contribution in [0, 0.1) is 6.92 Å². The average molecular weight is 509 g/mol. The molecule has 3 aromatic rings. The lowest BCUT2D eigenvalue weighted by molar-refractivity contribution is -0.286. The number of aromatic nitrogens is 1. The number of hydrogen-bond donors (Lipinski definition) is 1. The van der Waals surface area contributed by atoms with Gasteiger partial charge >= 0.3 is 12.3 Å². The van der Waals surface area contributed by atoms with Crippen LogP contribution in [0.15, 0.2) is 54.6 Å². The molecule has 1 aliphatic carbocycles. The number of pyridine rings is 1. The number of ether oxygens (including phenoxy) is 3. The van der Waals surface area contributed by atoms with Crippen molar-refractivity contribution < 1.29 is 32.6 Å². The number of halogens is 2. The molecule has 0 unspecified atom stereocenters. The van der Waals surface area contributed by atoms with Crippen molar-refractivity contribution in [2.75, 3.05) is 0 Å². The van der Waals surface area contributed by atoms with E-state index in [0.717, 1.165) is 5.56 Å². The third kappa shape index (κ3) is 5.12. The molecule has 0 atom stereocenters. The van der Waals surface area contributed by atoms with Crippen LogP contribution >= 0.6 is 0 Å². The Hall–Kier alpha value is -4.01. The maximum atomic E-state index is 13.4. The van der Waals surface area contributed by atoms with Crippen molar-refractivity contribution in [3.63, 3.8) is 0 Å². The number of nitrogens with one attached hydrogen (secondary N) is 1. The smallest absolute Gasteiger partial charge is 0.456 e. The molecule has 0 bridgehead atoms. The molecule has 5 rings (SSSR count). The number of aryl methyl sites for hydroxylation is 1. The van der Waals surface area contributed by atoms with E-state index < -0.39 is 29.3 Å². The number of hydrogen-bond acceptors (Lipinski definition) is 6. The fourth-order valence-corrected chi connectivity index (χ4v) is 4.22. The monoisotopic (exact) mass is 508 g/mol. The number of benzene rings is 2. The highest BCUT2D eigenvalue weighted by molar-refractivity contribution is 5.94. The first-order chi connectivity index (χ1) is 17.3. The second-order valence-corrected chi connectivity index (χ2v) is 10.3. The average Bonchev–Trinajstić information content (AvgIpc) is 3.52. The normalized spacial score (nSPS) is 16.7. The first kappa shape index (κ1) is 24.7. The van der Waals surface area contributed by atoms with E-state index in [9.17, 15) is 18.4 Å². The first-order valence-electron chi connectivity index (χ1n) is 11.9. The molecule has 2 aromatic carbocycles. The molecular weight excluding hydrogens is 482 g/mol. The first-order valence-corrected chi connectivity index (χ1v) is 11.9. The molecular formula is C28H26F2N2O5. The Kier molecular flexibility index (Phi) is 5.69. The van der Waals surface area contributed by atoms with Crippen LogP contribution < -0.4 is 14.8 Å². The Morgan fingerprint density at radius 1 is 1.00 bits per heavy atom. The van der Waals surface area contributed by atoms with Gasteiger partial charge in [-0.3, -0.25) is 4.79 Å². The molecule has 1 N–H and O–H groups in total. The van der Waals surface area contributed by atoms with E-state index >= 15 is 0 Å². The molecule has 0 radical (unpaired) electrons. The standard InChI is InChI=1S/C28H26F2N2O5/c1-16-8-10-20(31-23(16)17-6-5-7-18(14-17)25(34)37-26(2,3)4)24(33)32-27(12-13-27)19-9-11-21-22(15-19)36-28(29,30)35-21/h5-11,14-15H,12-13H2,1-4H3,(H,32,33). The van der Waals surface area contributed by atoms with Gasteiger partial charge in [0.1, 0.15) is 11.3 Å². The Balaban J connectivity index is 1.38. The zero-order valence-electron chi connectivity index (χ0n) is 20.9. The van der Waals surface area contributed by atoms with Crippen molar-refractivity contribution >= 4 is 11.9 Å². The van der Waals surface area contributed by atoms with Gasteiger partial charge in [-0.2, -0.15) is 0 Å². The molecule has 0 spiro atoms. The van der Waals surface area contributed by atoms with Crippen molar-refractivity contribution in [2.45, 2.75) is 58.0 Å². The van der Waals surface area contributed by atoms with E-state index in [0.29, 0.717) is 35.2 Å². The highest BCUT2D eigenvalue weighted by atomic mass is 19.3. The molecule has 1 amide bonds. The number of alkyl halides is 2. The van der Waals surface area contributed by atoms with Gasteiger partial charge in [0.05, 0.1) is 16.8 Å². The maximum absolute atomic E-state index is 13.4. The Bertz CT molecular complexity index is 1410. The summed E-state index contributed by atoms with van der Waals surface area (Å²) in [4.78, 5) is 30.3. The van der Waals surface area contributed by atoms with Crippen molar-refractivity contribution in [3.05, 3.63) is 77.0 Å². The molecule has 1 aromatic heterocycles. The van der Waals surface area contributed by atoms with Gasteiger partial charge in [0.15, 0.2) is 11.5 Å². The molecule has 1 aliphatic heterocycles. The van der Waals surface area contributed by atoms with Gasteiger partial charge in [-0.15, -0.1) is 8.78 Å². The molecule has 192 valence electrons. The Morgan fingerprint density at radius 3 is 2.43 bits per heavy atom. The summed E-state index contributed by atoms with van der Waals surface area (Å²) in [6.07, 6.45) is -2.42. The number of carbonyl (C=O) groups is 2. The Morgan fingerprint density at radius 2 is 1.73 bits per heavy atom. The fourth-order valence-electron chi connectivity index (χ4n) is 4.22. The zero-order chi connectivity index (χ0) is 26.6. The fraction of sp³-hybridized carbons (Fsp3) is 0.321. The van der Waals surface area contributed by atoms with Crippen molar-refractivity contribution in [3.8, 4) is 22.8 Å². The summed E-state index contributed by atoms with van der Waals surface area (Å²) < 4.78 is 41.3. The van der Waals surface area contributed by atoms with E-state index in [-0.39, 0.29) is 17.2 Å². The number of fused-ring (bicyclic) bond motifs is 1. The molecule has 1 saturated carbocycles. The number of nitrogens with zero attached hydrogens (tertiary/aromatic N) is 1.